The zero-order chi connectivity index (χ0) is 11.2. The largest absolute Gasteiger partial charge is 0.347 e. The third kappa shape index (κ3) is 1.50. The van der Waals surface area contributed by atoms with E-state index in [1.807, 2.05) is 6.92 Å². The molecule has 15 heavy (non-hydrogen) atoms. The predicted octanol–water partition coefficient (Wildman–Crippen LogP) is 3.27. The number of rotatable bonds is 1. The van der Waals surface area contributed by atoms with E-state index in [9.17, 15) is 0 Å². The number of fused-ring (bicyclic) bond motifs is 1. The Morgan fingerprint density at radius 1 is 1.40 bits per heavy atom. The fraction of sp³-hybridized carbons (Fsp3) is 0.333. The standard InChI is InChI=1S/C12H15BrN2/c1-7(14)11-8(2)15(3)12-9(11)5-4-6-10(12)13/h4-7H,14H2,1-3H3. The molecule has 0 aliphatic carbocycles. The third-order valence-electron chi connectivity index (χ3n) is 2.96. The molecular weight excluding hydrogens is 252 g/mol. The number of nitrogens with zero attached hydrogens (tertiary/aromatic N) is 1. The monoisotopic (exact) mass is 266 g/mol. The van der Waals surface area contributed by atoms with Gasteiger partial charge in [-0.15, -0.1) is 0 Å². The fourth-order valence-electron chi connectivity index (χ4n) is 2.19. The molecule has 3 heteroatoms. The number of nitrogens with two attached hydrogens (primary N) is 1. The Bertz CT molecular complexity index is 512. The van der Waals surface area contributed by atoms with Gasteiger partial charge < -0.3 is 10.3 Å². The van der Waals surface area contributed by atoms with Crippen LogP contribution in [0.3, 0.4) is 0 Å². The van der Waals surface area contributed by atoms with Gasteiger partial charge in [0.1, 0.15) is 0 Å². The quantitative estimate of drug-likeness (QED) is 0.844. The van der Waals surface area contributed by atoms with E-state index in [1.54, 1.807) is 0 Å². The second-order valence-electron chi connectivity index (χ2n) is 3.98. The van der Waals surface area contributed by atoms with Crippen LogP contribution in [0.15, 0.2) is 22.7 Å². The van der Waals surface area contributed by atoms with Crippen LogP contribution in [-0.2, 0) is 7.05 Å². The molecule has 0 fully saturated rings. The molecule has 0 bridgehead atoms. The van der Waals surface area contributed by atoms with Gasteiger partial charge in [0.15, 0.2) is 0 Å². The molecule has 1 aromatic heterocycles. The number of para-hydroxylation sites is 1. The van der Waals surface area contributed by atoms with E-state index in [-0.39, 0.29) is 6.04 Å². The van der Waals surface area contributed by atoms with Crippen molar-refractivity contribution in [2.75, 3.05) is 0 Å². The summed E-state index contributed by atoms with van der Waals surface area (Å²) < 4.78 is 3.32. The van der Waals surface area contributed by atoms with Crippen LogP contribution in [0.2, 0.25) is 0 Å². The minimum absolute atomic E-state index is 0.0722. The first-order valence-corrected chi connectivity index (χ1v) is 5.82. The van der Waals surface area contributed by atoms with Gasteiger partial charge >= 0.3 is 0 Å². The van der Waals surface area contributed by atoms with Crippen LogP contribution in [0.5, 0.6) is 0 Å². The van der Waals surface area contributed by atoms with Gasteiger partial charge in [0.2, 0.25) is 0 Å². The average Bonchev–Trinajstić information content (AvgIpc) is 2.41. The fourth-order valence-corrected chi connectivity index (χ4v) is 2.82. The lowest BCUT2D eigenvalue weighted by molar-refractivity contribution is 0.795. The first kappa shape index (κ1) is 10.7. The van der Waals surface area contributed by atoms with Crippen LogP contribution in [0, 0.1) is 6.92 Å². The number of aryl methyl sites for hydroxylation is 1. The number of benzene rings is 1. The molecule has 0 saturated carbocycles. The molecule has 2 N–H and O–H groups in total. The molecule has 0 saturated heterocycles. The Labute approximate surface area is 98.2 Å². The van der Waals surface area contributed by atoms with Gasteiger partial charge in [-0.05, 0) is 41.4 Å². The van der Waals surface area contributed by atoms with Crippen LogP contribution < -0.4 is 5.73 Å². The first-order valence-electron chi connectivity index (χ1n) is 5.03. The number of aromatic nitrogens is 1. The van der Waals surface area contributed by atoms with Gasteiger partial charge in [0, 0.05) is 28.6 Å². The Hall–Kier alpha value is -0.800. The highest BCUT2D eigenvalue weighted by atomic mass is 79.9. The molecule has 0 aliphatic heterocycles. The third-order valence-corrected chi connectivity index (χ3v) is 3.60. The second kappa shape index (κ2) is 3.65. The minimum Gasteiger partial charge on any atom is -0.347 e. The van der Waals surface area contributed by atoms with Crippen molar-refractivity contribution in [2.45, 2.75) is 19.9 Å². The molecule has 0 aliphatic rings. The molecule has 2 nitrogen and oxygen atoms in total. The van der Waals surface area contributed by atoms with E-state index in [1.165, 1.54) is 22.2 Å². The summed E-state index contributed by atoms with van der Waals surface area (Å²) in [5.41, 5.74) is 9.73. The summed E-state index contributed by atoms with van der Waals surface area (Å²) in [6, 6.07) is 6.32. The highest BCUT2D eigenvalue weighted by molar-refractivity contribution is 9.10. The molecule has 0 radical (unpaired) electrons. The van der Waals surface area contributed by atoms with Gasteiger partial charge in [-0.25, -0.2) is 0 Å². The van der Waals surface area contributed by atoms with Gasteiger partial charge in [0.25, 0.3) is 0 Å². The molecule has 0 amide bonds. The summed E-state index contributed by atoms with van der Waals surface area (Å²) in [5.74, 6) is 0. The lowest BCUT2D eigenvalue weighted by atomic mass is 10.1. The van der Waals surface area contributed by atoms with Crippen LogP contribution >= 0.6 is 15.9 Å². The van der Waals surface area contributed by atoms with Crippen molar-refractivity contribution in [3.8, 4) is 0 Å². The van der Waals surface area contributed by atoms with Gasteiger partial charge in [-0.3, -0.25) is 0 Å². The van der Waals surface area contributed by atoms with Crippen molar-refractivity contribution >= 4 is 26.8 Å². The molecule has 0 spiro atoms. The number of hydrogen-bond acceptors (Lipinski definition) is 1. The Morgan fingerprint density at radius 3 is 2.67 bits per heavy atom. The van der Waals surface area contributed by atoms with Crippen LogP contribution in [0.4, 0.5) is 0 Å². The topological polar surface area (TPSA) is 30.9 Å². The van der Waals surface area contributed by atoms with Crippen LogP contribution in [-0.4, -0.2) is 4.57 Å². The maximum Gasteiger partial charge on any atom is 0.0627 e. The SMILES string of the molecule is Cc1c(C(C)N)c2cccc(Br)c2n1C. The predicted molar refractivity (Wildman–Crippen MR) is 68.0 cm³/mol. The lowest BCUT2D eigenvalue weighted by Crippen LogP contribution is -2.06. The summed E-state index contributed by atoms with van der Waals surface area (Å²) in [6.45, 7) is 4.15. The molecule has 2 rings (SSSR count). The molecule has 1 atom stereocenters. The Morgan fingerprint density at radius 2 is 2.07 bits per heavy atom. The maximum atomic E-state index is 6.02. The van der Waals surface area contributed by atoms with E-state index >= 15 is 0 Å². The van der Waals surface area contributed by atoms with Gasteiger partial charge in [-0.1, -0.05) is 12.1 Å². The first-order chi connectivity index (χ1) is 7.04. The Balaban J connectivity index is 2.94. The van der Waals surface area contributed by atoms with E-state index in [0.29, 0.717) is 0 Å². The van der Waals surface area contributed by atoms with Crippen molar-refractivity contribution < 1.29 is 0 Å². The second-order valence-corrected chi connectivity index (χ2v) is 4.84. The molecule has 1 aromatic carbocycles. The van der Waals surface area contributed by atoms with Gasteiger partial charge in [0.05, 0.1) is 5.52 Å². The van der Waals surface area contributed by atoms with Gasteiger partial charge in [-0.2, -0.15) is 0 Å². The molecule has 80 valence electrons. The van der Waals surface area contributed by atoms with E-state index in [0.717, 1.165) is 4.47 Å². The van der Waals surface area contributed by atoms with Crippen LogP contribution in [0.25, 0.3) is 10.9 Å². The molecule has 1 heterocycles. The highest BCUT2D eigenvalue weighted by Gasteiger charge is 2.15. The van der Waals surface area contributed by atoms with Crippen molar-refractivity contribution in [3.63, 3.8) is 0 Å². The summed E-state index contributed by atoms with van der Waals surface area (Å²) in [6.07, 6.45) is 0. The van der Waals surface area contributed by atoms with Crippen LogP contribution in [0.1, 0.15) is 24.2 Å². The molecule has 2 aromatic rings. The molecule has 1 unspecified atom stereocenters. The van der Waals surface area contributed by atoms with Crippen molar-refractivity contribution in [1.29, 1.82) is 0 Å². The zero-order valence-corrected chi connectivity index (χ0v) is 10.8. The van der Waals surface area contributed by atoms with Crippen molar-refractivity contribution in [1.82, 2.24) is 4.57 Å². The summed E-state index contributed by atoms with van der Waals surface area (Å²) in [4.78, 5) is 0. The van der Waals surface area contributed by atoms with E-state index in [4.69, 9.17) is 5.73 Å². The maximum absolute atomic E-state index is 6.02. The van der Waals surface area contributed by atoms with Crippen molar-refractivity contribution in [2.24, 2.45) is 12.8 Å². The lowest BCUT2D eigenvalue weighted by Gasteiger charge is -2.05. The average molecular weight is 267 g/mol. The summed E-state index contributed by atoms with van der Waals surface area (Å²) in [5, 5.41) is 1.25. The normalized spacial score (nSPS) is 13.4. The minimum atomic E-state index is 0.0722. The molecular formula is C12H15BrN2. The smallest absolute Gasteiger partial charge is 0.0627 e. The van der Waals surface area contributed by atoms with E-state index < -0.39 is 0 Å². The number of hydrogen-bond donors (Lipinski definition) is 1. The van der Waals surface area contributed by atoms with E-state index in [2.05, 4.69) is 52.7 Å². The summed E-state index contributed by atoms with van der Waals surface area (Å²) in [7, 11) is 2.08. The number of halogens is 1. The summed E-state index contributed by atoms with van der Waals surface area (Å²) >= 11 is 3.58. The zero-order valence-electron chi connectivity index (χ0n) is 9.21. The van der Waals surface area contributed by atoms with Crippen molar-refractivity contribution in [3.05, 3.63) is 33.9 Å². The Kier molecular flexibility index (Phi) is 2.61. The highest BCUT2D eigenvalue weighted by Crippen LogP contribution is 2.33.